The van der Waals surface area contributed by atoms with Crippen LogP contribution in [0.5, 0.6) is 0 Å². The Hall–Kier alpha value is -0.0800. The smallest absolute Gasteiger partial charge is 0.00994 e. The predicted octanol–water partition coefficient (Wildman–Crippen LogP) is 3.42. The van der Waals surface area contributed by atoms with Crippen molar-refractivity contribution in [3.8, 4) is 0 Å². The molecule has 0 aromatic rings. The second kappa shape index (κ2) is 6.91. The average Bonchev–Trinajstić information content (AvgIpc) is 3.18. The van der Waals surface area contributed by atoms with Crippen molar-refractivity contribution in [1.82, 2.24) is 10.2 Å². The molecule has 0 bridgehead atoms. The molecule has 0 heterocycles. The molecule has 2 aliphatic rings. The first-order chi connectivity index (χ1) is 8.70. The number of nitrogens with zero attached hydrogens (tertiary/aromatic N) is 1. The zero-order valence-corrected chi connectivity index (χ0v) is 12.6. The van der Waals surface area contributed by atoms with E-state index in [4.69, 9.17) is 0 Å². The van der Waals surface area contributed by atoms with Gasteiger partial charge in [-0.1, -0.05) is 20.8 Å². The molecule has 0 aliphatic heterocycles. The van der Waals surface area contributed by atoms with Crippen molar-refractivity contribution >= 4 is 0 Å². The third kappa shape index (κ3) is 4.24. The molecule has 2 heteroatoms. The van der Waals surface area contributed by atoms with Crippen LogP contribution in [-0.4, -0.2) is 36.1 Å². The molecule has 2 aliphatic carbocycles. The van der Waals surface area contributed by atoms with Crippen LogP contribution in [0.3, 0.4) is 0 Å². The maximum Gasteiger partial charge on any atom is 0.00994 e. The van der Waals surface area contributed by atoms with Gasteiger partial charge >= 0.3 is 0 Å². The van der Waals surface area contributed by atoms with Gasteiger partial charge in [0.15, 0.2) is 0 Å². The van der Waals surface area contributed by atoms with E-state index in [0.717, 1.165) is 24.0 Å². The first-order valence-electron chi connectivity index (χ1n) is 8.19. The molecule has 0 saturated heterocycles. The molecule has 0 unspecified atom stereocenters. The van der Waals surface area contributed by atoms with Crippen molar-refractivity contribution in [3.63, 3.8) is 0 Å². The van der Waals surface area contributed by atoms with Gasteiger partial charge in [0.05, 0.1) is 0 Å². The summed E-state index contributed by atoms with van der Waals surface area (Å²) in [6.07, 6.45) is 9.82. The third-order valence-electron chi connectivity index (χ3n) is 4.44. The highest BCUT2D eigenvalue weighted by atomic mass is 15.2. The molecule has 2 saturated carbocycles. The maximum absolute atomic E-state index is 3.70. The molecule has 18 heavy (non-hydrogen) atoms. The second-order valence-electron chi connectivity index (χ2n) is 6.78. The molecule has 0 atom stereocenters. The highest BCUT2D eigenvalue weighted by Gasteiger charge is 2.35. The van der Waals surface area contributed by atoms with Gasteiger partial charge in [-0.3, -0.25) is 4.90 Å². The summed E-state index contributed by atoms with van der Waals surface area (Å²) in [6.45, 7) is 9.51. The van der Waals surface area contributed by atoms with Crippen LogP contribution in [0.2, 0.25) is 0 Å². The van der Waals surface area contributed by atoms with E-state index in [1.165, 1.54) is 58.0 Å². The van der Waals surface area contributed by atoms with Crippen molar-refractivity contribution in [2.75, 3.05) is 13.1 Å². The SMILES string of the molecule is CCCNC1CCC(N(CC(C)C)C2CC2)CC1. The van der Waals surface area contributed by atoms with E-state index >= 15 is 0 Å². The molecule has 0 aromatic heterocycles. The lowest BCUT2D eigenvalue weighted by atomic mass is 9.89. The number of rotatable bonds is 7. The number of hydrogen-bond acceptors (Lipinski definition) is 2. The molecule has 0 amide bonds. The lowest BCUT2D eigenvalue weighted by molar-refractivity contribution is 0.121. The fourth-order valence-electron chi connectivity index (χ4n) is 3.38. The predicted molar refractivity (Wildman–Crippen MR) is 78.9 cm³/mol. The molecular formula is C16H32N2. The highest BCUT2D eigenvalue weighted by Crippen LogP contribution is 2.34. The van der Waals surface area contributed by atoms with Crippen LogP contribution in [0.4, 0.5) is 0 Å². The molecule has 2 nitrogen and oxygen atoms in total. The Balaban J connectivity index is 1.76. The molecule has 0 radical (unpaired) electrons. The van der Waals surface area contributed by atoms with Crippen molar-refractivity contribution in [2.24, 2.45) is 5.92 Å². The van der Waals surface area contributed by atoms with Crippen LogP contribution in [-0.2, 0) is 0 Å². The second-order valence-corrected chi connectivity index (χ2v) is 6.78. The zero-order valence-electron chi connectivity index (χ0n) is 12.6. The van der Waals surface area contributed by atoms with Crippen LogP contribution in [0.15, 0.2) is 0 Å². The monoisotopic (exact) mass is 252 g/mol. The van der Waals surface area contributed by atoms with Crippen molar-refractivity contribution in [1.29, 1.82) is 0 Å². The summed E-state index contributed by atoms with van der Waals surface area (Å²) in [5.41, 5.74) is 0. The van der Waals surface area contributed by atoms with Gasteiger partial charge in [0.2, 0.25) is 0 Å². The minimum absolute atomic E-state index is 0.807. The molecule has 2 rings (SSSR count). The lowest BCUT2D eigenvalue weighted by Gasteiger charge is -2.38. The summed E-state index contributed by atoms with van der Waals surface area (Å²) in [6, 6.07) is 2.64. The molecule has 2 fully saturated rings. The topological polar surface area (TPSA) is 15.3 Å². The summed E-state index contributed by atoms with van der Waals surface area (Å²) in [5.74, 6) is 0.821. The van der Waals surface area contributed by atoms with E-state index in [2.05, 4.69) is 31.0 Å². The Bertz CT molecular complexity index is 227. The van der Waals surface area contributed by atoms with E-state index in [0.29, 0.717) is 0 Å². The van der Waals surface area contributed by atoms with Gasteiger partial charge in [0.1, 0.15) is 0 Å². The van der Waals surface area contributed by atoms with E-state index in [-0.39, 0.29) is 0 Å². The van der Waals surface area contributed by atoms with E-state index in [9.17, 15) is 0 Å². The largest absolute Gasteiger partial charge is 0.314 e. The molecule has 106 valence electrons. The van der Waals surface area contributed by atoms with Crippen LogP contribution in [0, 0.1) is 5.92 Å². The fourth-order valence-corrected chi connectivity index (χ4v) is 3.38. The van der Waals surface area contributed by atoms with Crippen LogP contribution < -0.4 is 5.32 Å². The van der Waals surface area contributed by atoms with Gasteiger partial charge in [-0.05, 0) is 57.4 Å². The molecule has 0 aromatic carbocycles. The third-order valence-corrected chi connectivity index (χ3v) is 4.44. The summed E-state index contributed by atoms with van der Waals surface area (Å²) in [7, 11) is 0. The van der Waals surface area contributed by atoms with Crippen molar-refractivity contribution < 1.29 is 0 Å². The van der Waals surface area contributed by atoms with Crippen molar-refractivity contribution in [3.05, 3.63) is 0 Å². The molecule has 1 N–H and O–H groups in total. The lowest BCUT2D eigenvalue weighted by Crippen LogP contribution is -2.44. The quantitative estimate of drug-likeness (QED) is 0.747. The Labute approximate surface area is 114 Å². The van der Waals surface area contributed by atoms with E-state index in [1.807, 2.05) is 0 Å². The number of nitrogens with one attached hydrogen (secondary N) is 1. The normalized spacial score (nSPS) is 29.2. The van der Waals surface area contributed by atoms with Crippen LogP contribution in [0.1, 0.15) is 65.7 Å². The van der Waals surface area contributed by atoms with Gasteiger partial charge < -0.3 is 5.32 Å². The zero-order chi connectivity index (χ0) is 13.0. The van der Waals surface area contributed by atoms with Gasteiger partial charge in [-0.15, -0.1) is 0 Å². The minimum Gasteiger partial charge on any atom is -0.314 e. The van der Waals surface area contributed by atoms with Gasteiger partial charge in [-0.2, -0.15) is 0 Å². The maximum atomic E-state index is 3.70. The standard InChI is InChI=1S/C16H32N2/c1-4-11-17-14-5-7-15(8-6-14)18(12-13(2)3)16-9-10-16/h13-17H,4-12H2,1-3H3. The fraction of sp³-hybridized carbons (Fsp3) is 1.00. The van der Waals surface area contributed by atoms with Crippen LogP contribution in [0.25, 0.3) is 0 Å². The Kier molecular flexibility index (Phi) is 5.50. The highest BCUT2D eigenvalue weighted by molar-refractivity contribution is 4.92. The van der Waals surface area contributed by atoms with Gasteiger partial charge in [0.25, 0.3) is 0 Å². The van der Waals surface area contributed by atoms with Crippen LogP contribution >= 0.6 is 0 Å². The summed E-state index contributed by atoms with van der Waals surface area (Å²) in [4.78, 5) is 2.85. The average molecular weight is 252 g/mol. The van der Waals surface area contributed by atoms with E-state index in [1.54, 1.807) is 0 Å². The first kappa shape index (κ1) is 14.3. The Morgan fingerprint density at radius 3 is 2.00 bits per heavy atom. The summed E-state index contributed by atoms with van der Waals surface area (Å²) < 4.78 is 0. The summed E-state index contributed by atoms with van der Waals surface area (Å²) >= 11 is 0. The molecular weight excluding hydrogens is 220 g/mol. The Morgan fingerprint density at radius 1 is 1.00 bits per heavy atom. The Morgan fingerprint density at radius 2 is 1.56 bits per heavy atom. The van der Waals surface area contributed by atoms with Gasteiger partial charge in [0, 0.05) is 24.7 Å². The van der Waals surface area contributed by atoms with E-state index < -0.39 is 0 Å². The number of hydrogen-bond donors (Lipinski definition) is 1. The summed E-state index contributed by atoms with van der Waals surface area (Å²) in [5, 5.41) is 3.70. The van der Waals surface area contributed by atoms with Crippen molar-refractivity contribution in [2.45, 2.75) is 83.8 Å². The first-order valence-corrected chi connectivity index (χ1v) is 8.19. The minimum atomic E-state index is 0.807. The van der Waals surface area contributed by atoms with Gasteiger partial charge in [-0.25, -0.2) is 0 Å². The molecule has 0 spiro atoms.